The molecule has 0 amide bonds. The molecular weight excluding hydrogens is 302 g/mol. The molecule has 0 atom stereocenters. The zero-order valence-corrected chi connectivity index (χ0v) is 13.5. The Labute approximate surface area is 141 Å². The van der Waals surface area contributed by atoms with Gasteiger partial charge >= 0.3 is 0 Å². The summed E-state index contributed by atoms with van der Waals surface area (Å²) < 4.78 is 5.80. The van der Waals surface area contributed by atoms with Crippen LogP contribution in [-0.4, -0.2) is 35.3 Å². The molecule has 0 aliphatic heterocycles. The molecule has 1 N–H and O–H groups in total. The summed E-state index contributed by atoms with van der Waals surface area (Å²) in [6, 6.07) is 19.8. The number of aromatic nitrogens is 2. The van der Waals surface area contributed by atoms with Crippen LogP contribution in [0.4, 0.5) is 5.82 Å². The van der Waals surface area contributed by atoms with Crippen molar-refractivity contribution in [1.29, 1.82) is 0 Å². The minimum Gasteiger partial charge on any atom is -0.439 e. The smallest absolute Gasteiger partial charge is 0.224 e. The lowest BCUT2D eigenvalue weighted by atomic mass is 10.1. The topological polar surface area (TPSA) is 58.5 Å². The predicted molar refractivity (Wildman–Crippen MR) is 94.3 cm³/mol. The zero-order chi connectivity index (χ0) is 16.8. The fraction of sp³-hybridized carbons (Fsp3) is 0.158. The van der Waals surface area contributed by atoms with Crippen LogP contribution >= 0.6 is 0 Å². The number of anilines is 1. The van der Waals surface area contributed by atoms with Gasteiger partial charge in [-0.1, -0.05) is 42.5 Å². The lowest BCUT2D eigenvalue weighted by molar-refractivity contribution is 0.303. The van der Waals surface area contributed by atoms with Crippen LogP contribution in [0.1, 0.15) is 0 Å². The van der Waals surface area contributed by atoms with Gasteiger partial charge in [-0.3, -0.25) is 0 Å². The van der Waals surface area contributed by atoms with Gasteiger partial charge in [0, 0.05) is 19.7 Å². The largest absolute Gasteiger partial charge is 0.439 e. The van der Waals surface area contributed by atoms with E-state index < -0.39 is 0 Å². The van der Waals surface area contributed by atoms with Crippen LogP contribution in [0.2, 0.25) is 0 Å². The summed E-state index contributed by atoms with van der Waals surface area (Å²) in [7, 11) is 1.86. The highest BCUT2D eigenvalue weighted by Crippen LogP contribution is 2.25. The summed E-state index contributed by atoms with van der Waals surface area (Å²) in [5, 5.41) is 9.01. The number of aliphatic hydroxyl groups is 1. The van der Waals surface area contributed by atoms with E-state index in [0.717, 1.165) is 5.56 Å². The maximum atomic E-state index is 9.01. The molecule has 0 unspecified atom stereocenters. The number of hydrogen-bond acceptors (Lipinski definition) is 5. The Hall–Kier alpha value is -2.92. The van der Waals surface area contributed by atoms with Crippen molar-refractivity contribution in [3.8, 4) is 22.8 Å². The Morgan fingerprint density at radius 2 is 1.67 bits per heavy atom. The molecule has 0 bridgehead atoms. The molecule has 0 saturated heterocycles. The maximum absolute atomic E-state index is 9.01. The fourth-order valence-electron chi connectivity index (χ4n) is 2.33. The second-order valence-electron chi connectivity index (χ2n) is 5.35. The molecular formula is C19H19N3O2. The summed E-state index contributed by atoms with van der Waals surface area (Å²) >= 11 is 0. The molecule has 122 valence electrons. The first-order valence-electron chi connectivity index (χ1n) is 7.73. The number of aliphatic hydroxyl groups excluding tert-OH is 1. The minimum absolute atomic E-state index is 0.0671. The fourth-order valence-corrected chi connectivity index (χ4v) is 2.33. The quantitative estimate of drug-likeness (QED) is 0.754. The van der Waals surface area contributed by atoms with Crippen LogP contribution in [0, 0.1) is 0 Å². The first-order chi connectivity index (χ1) is 11.8. The highest BCUT2D eigenvalue weighted by atomic mass is 16.5. The van der Waals surface area contributed by atoms with E-state index in [1.165, 1.54) is 11.9 Å². The first kappa shape index (κ1) is 16.0. The second-order valence-corrected chi connectivity index (χ2v) is 5.35. The lowest BCUT2D eigenvalue weighted by Gasteiger charge is -2.16. The van der Waals surface area contributed by atoms with Gasteiger partial charge in [0.2, 0.25) is 5.88 Å². The molecule has 24 heavy (non-hydrogen) atoms. The molecule has 0 radical (unpaired) electrons. The first-order valence-corrected chi connectivity index (χ1v) is 7.73. The molecule has 1 heterocycles. The van der Waals surface area contributed by atoms with Crippen LogP contribution in [-0.2, 0) is 0 Å². The normalized spacial score (nSPS) is 10.4. The van der Waals surface area contributed by atoms with Gasteiger partial charge in [-0.15, -0.1) is 0 Å². The van der Waals surface area contributed by atoms with E-state index in [2.05, 4.69) is 22.1 Å². The third-order valence-electron chi connectivity index (χ3n) is 3.64. The van der Waals surface area contributed by atoms with Gasteiger partial charge in [0.25, 0.3) is 0 Å². The summed E-state index contributed by atoms with van der Waals surface area (Å²) in [5.74, 6) is 1.89. The molecule has 0 aliphatic rings. The van der Waals surface area contributed by atoms with Crippen LogP contribution in [0.15, 0.2) is 67.0 Å². The van der Waals surface area contributed by atoms with Crippen molar-refractivity contribution in [2.45, 2.75) is 0 Å². The highest BCUT2D eigenvalue weighted by Gasteiger charge is 2.06. The number of rotatable bonds is 6. The molecule has 2 aromatic carbocycles. The van der Waals surface area contributed by atoms with Gasteiger partial charge in [0.05, 0.1) is 6.61 Å². The van der Waals surface area contributed by atoms with Gasteiger partial charge in [-0.05, 0) is 23.3 Å². The maximum Gasteiger partial charge on any atom is 0.224 e. The van der Waals surface area contributed by atoms with Crippen molar-refractivity contribution in [2.24, 2.45) is 0 Å². The Balaban J connectivity index is 1.73. The summed E-state index contributed by atoms with van der Waals surface area (Å²) in [4.78, 5) is 10.2. The molecule has 0 saturated carbocycles. The number of nitrogens with zero attached hydrogens (tertiary/aromatic N) is 3. The van der Waals surface area contributed by atoms with Gasteiger partial charge in [-0.2, -0.15) is 0 Å². The summed E-state index contributed by atoms with van der Waals surface area (Å²) in [6.07, 6.45) is 1.46. The van der Waals surface area contributed by atoms with E-state index in [0.29, 0.717) is 24.0 Å². The Bertz CT molecular complexity index is 776. The van der Waals surface area contributed by atoms with E-state index in [1.54, 1.807) is 6.07 Å². The molecule has 0 aliphatic carbocycles. The van der Waals surface area contributed by atoms with Crippen LogP contribution in [0.25, 0.3) is 11.1 Å². The second kappa shape index (κ2) is 7.57. The predicted octanol–water partition coefficient (Wildman–Crippen LogP) is 3.36. The molecule has 3 rings (SSSR count). The Morgan fingerprint density at radius 3 is 2.38 bits per heavy atom. The van der Waals surface area contributed by atoms with Crippen LogP contribution in [0.5, 0.6) is 11.6 Å². The van der Waals surface area contributed by atoms with Crippen molar-refractivity contribution in [1.82, 2.24) is 9.97 Å². The lowest BCUT2D eigenvalue weighted by Crippen LogP contribution is -2.22. The Kier molecular flexibility index (Phi) is 5.03. The summed E-state index contributed by atoms with van der Waals surface area (Å²) in [5.41, 5.74) is 2.30. The molecule has 5 heteroatoms. The van der Waals surface area contributed by atoms with Crippen molar-refractivity contribution < 1.29 is 9.84 Å². The van der Waals surface area contributed by atoms with Gasteiger partial charge in [-0.25, -0.2) is 9.97 Å². The number of benzene rings is 2. The third kappa shape index (κ3) is 3.88. The van der Waals surface area contributed by atoms with E-state index >= 15 is 0 Å². The van der Waals surface area contributed by atoms with E-state index in [1.807, 2.05) is 54.4 Å². The monoisotopic (exact) mass is 321 g/mol. The van der Waals surface area contributed by atoms with Crippen LogP contribution in [0.3, 0.4) is 0 Å². The molecule has 1 aromatic heterocycles. The SMILES string of the molecule is CN(CCO)c1cc(Oc2ccc(-c3ccccc3)cc2)ncn1. The zero-order valence-electron chi connectivity index (χ0n) is 13.5. The van der Waals surface area contributed by atoms with Crippen LogP contribution < -0.4 is 9.64 Å². The molecule has 3 aromatic rings. The van der Waals surface area contributed by atoms with Gasteiger partial charge < -0.3 is 14.7 Å². The van der Waals surface area contributed by atoms with E-state index in [9.17, 15) is 0 Å². The highest BCUT2D eigenvalue weighted by molar-refractivity contribution is 5.64. The molecule has 5 nitrogen and oxygen atoms in total. The third-order valence-corrected chi connectivity index (χ3v) is 3.64. The number of likely N-dealkylation sites (N-methyl/N-ethyl adjacent to an activating group) is 1. The van der Waals surface area contributed by atoms with Crippen molar-refractivity contribution in [3.63, 3.8) is 0 Å². The Morgan fingerprint density at radius 1 is 0.958 bits per heavy atom. The van der Waals surface area contributed by atoms with Gasteiger partial charge in [0.15, 0.2) is 0 Å². The average Bonchev–Trinajstić information content (AvgIpc) is 2.63. The number of hydrogen-bond donors (Lipinski definition) is 1. The average molecular weight is 321 g/mol. The van der Waals surface area contributed by atoms with Crippen molar-refractivity contribution in [2.75, 3.05) is 25.1 Å². The minimum atomic E-state index is 0.0671. The van der Waals surface area contributed by atoms with E-state index in [-0.39, 0.29) is 6.61 Å². The van der Waals surface area contributed by atoms with E-state index in [4.69, 9.17) is 9.84 Å². The summed E-state index contributed by atoms with van der Waals surface area (Å²) in [6.45, 7) is 0.569. The number of ether oxygens (including phenoxy) is 1. The molecule has 0 spiro atoms. The van der Waals surface area contributed by atoms with Gasteiger partial charge in [0.1, 0.15) is 17.9 Å². The van der Waals surface area contributed by atoms with Crippen molar-refractivity contribution >= 4 is 5.82 Å². The standard InChI is InChI=1S/C19H19N3O2/c1-22(11-12-23)18-13-19(21-14-20-18)24-17-9-7-16(8-10-17)15-5-3-2-4-6-15/h2-10,13-14,23H,11-12H2,1H3. The molecule has 0 fully saturated rings. The van der Waals surface area contributed by atoms with Crippen molar-refractivity contribution in [3.05, 3.63) is 67.0 Å².